The number of pyridine rings is 1. The number of carbonyl (C=O) groups excluding carboxylic acids is 2. The smallest absolute Gasteiger partial charge is 0.291 e. The number of amides is 2. The Hall–Kier alpha value is -3.55. The molecule has 8 heteroatoms. The first kappa shape index (κ1) is 18.8. The molecule has 2 atom stereocenters. The zero-order chi connectivity index (χ0) is 20.4. The molecule has 2 N–H and O–H groups in total. The lowest BCUT2D eigenvalue weighted by Gasteiger charge is -2.20. The SMILES string of the molecule is C[C@H]1C[C@@H](NC(=O)c2n[nH]c(Cc3ccccc3)n2)C(=O)N(C)c2ncccc21. The molecule has 8 nitrogen and oxygen atoms in total. The van der Waals surface area contributed by atoms with Gasteiger partial charge in [0.1, 0.15) is 17.7 Å². The van der Waals surface area contributed by atoms with Gasteiger partial charge in [0.15, 0.2) is 0 Å². The van der Waals surface area contributed by atoms with Gasteiger partial charge in [0.05, 0.1) is 0 Å². The highest BCUT2D eigenvalue weighted by Crippen LogP contribution is 2.32. The fourth-order valence-electron chi connectivity index (χ4n) is 3.60. The number of fused-ring (bicyclic) bond motifs is 1. The Balaban J connectivity index is 1.48. The Morgan fingerprint density at radius 2 is 2.03 bits per heavy atom. The molecule has 0 saturated carbocycles. The highest BCUT2D eigenvalue weighted by atomic mass is 16.2. The second-order valence-corrected chi connectivity index (χ2v) is 7.24. The Kier molecular flexibility index (Phi) is 5.07. The van der Waals surface area contributed by atoms with E-state index in [4.69, 9.17) is 0 Å². The molecule has 0 fully saturated rings. The molecule has 4 rings (SSSR count). The van der Waals surface area contributed by atoms with Crippen LogP contribution in [0.25, 0.3) is 0 Å². The molecule has 29 heavy (non-hydrogen) atoms. The molecule has 1 aliphatic rings. The Bertz CT molecular complexity index is 1030. The molecule has 0 bridgehead atoms. The van der Waals surface area contributed by atoms with Gasteiger partial charge in [-0.25, -0.2) is 9.97 Å². The molecule has 3 aromatic rings. The third-order valence-corrected chi connectivity index (χ3v) is 5.14. The first-order valence-electron chi connectivity index (χ1n) is 9.51. The minimum Gasteiger partial charge on any atom is -0.337 e. The van der Waals surface area contributed by atoms with Crippen LogP contribution in [0.1, 0.15) is 46.8 Å². The van der Waals surface area contributed by atoms with Crippen LogP contribution < -0.4 is 10.2 Å². The zero-order valence-electron chi connectivity index (χ0n) is 16.3. The number of nitrogens with zero attached hydrogens (tertiary/aromatic N) is 4. The predicted molar refractivity (Wildman–Crippen MR) is 108 cm³/mol. The highest BCUT2D eigenvalue weighted by molar-refractivity contribution is 6.01. The lowest BCUT2D eigenvalue weighted by molar-refractivity contribution is -0.120. The number of nitrogens with one attached hydrogen (secondary N) is 2. The average molecular weight is 390 g/mol. The van der Waals surface area contributed by atoms with E-state index in [0.717, 1.165) is 11.1 Å². The normalized spacial score (nSPS) is 18.8. The van der Waals surface area contributed by atoms with Crippen LogP contribution in [-0.4, -0.2) is 45.1 Å². The zero-order valence-corrected chi connectivity index (χ0v) is 16.3. The molecule has 1 aliphatic heterocycles. The standard InChI is InChI=1S/C21H22N6O2/c1-13-11-16(21(29)27(2)19-15(13)9-6-10-22-19)23-20(28)18-24-17(25-26-18)12-14-7-4-3-5-8-14/h3-10,13,16H,11-12H2,1-2H3,(H,23,28)(H,24,25,26)/t13-,16+/m0/s1. The van der Waals surface area contributed by atoms with Crippen molar-refractivity contribution in [3.63, 3.8) is 0 Å². The van der Waals surface area contributed by atoms with Crippen molar-refractivity contribution < 1.29 is 9.59 Å². The number of rotatable bonds is 4. The van der Waals surface area contributed by atoms with Crippen LogP contribution in [0, 0.1) is 0 Å². The van der Waals surface area contributed by atoms with Crippen LogP contribution in [0.15, 0.2) is 48.7 Å². The lowest BCUT2D eigenvalue weighted by atomic mass is 9.95. The summed E-state index contributed by atoms with van der Waals surface area (Å²) in [5.74, 6) is 0.638. The van der Waals surface area contributed by atoms with E-state index >= 15 is 0 Å². The van der Waals surface area contributed by atoms with Crippen LogP contribution in [0.5, 0.6) is 0 Å². The summed E-state index contributed by atoms with van der Waals surface area (Å²) < 4.78 is 0. The maximum absolute atomic E-state index is 12.9. The van der Waals surface area contributed by atoms with Gasteiger partial charge in [-0.2, -0.15) is 0 Å². The van der Waals surface area contributed by atoms with Gasteiger partial charge >= 0.3 is 0 Å². The quantitative estimate of drug-likeness (QED) is 0.710. The molecular weight excluding hydrogens is 368 g/mol. The van der Waals surface area contributed by atoms with Gasteiger partial charge in [-0.05, 0) is 29.5 Å². The summed E-state index contributed by atoms with van der Waals surface area (Å²) in [4.78, 5) is 35.7. The van der Waals surface area contributed by atoms with Crippen LogP contribution in [0.2, 0.25) is 0 Å². The van der Waals surface area contributed by atoms with Crippen molar-refractivity contribution in [1.82, 2.24) is 25.5 Å². The maximum atomic E-state index is 12.9. The van der Waals surface area contributed by atoms with Gasteiger partial charge in [-0.15, -0.1) is 5.10 Å². The Morgan fingerprint density at radius 3 is 2.83 bits per heavy atom. The molecule has 2 aromatic heterocycles. The fraction of sp³-hybridized carbons (Fsp3) is 0.286. The van der Waals surface area contributed by atoms with Crippen molar-refractivity contribution >= 4 is 17.6 Å². The molecule has 1 aromatic carbocycles. The maximum Gasteiger partial charge on any atom is 0.291 e. The van der Waals surface area contributed by atoms with Crippen molar-refractivity contribution in [3.05, 3.63) is 71.4 Å². The van der Waals surface area contributed by atoms with Crippen molar-refractivity contribution in [2.45, 2.75) is 31.7 Å². The van der Waals surface area contributed by atoms with E-state index in [1.54, 1.807) is 13.2 Å². The van der Waals surface area contributed by atoms with E-state index in [0.29, 0.717) is 24.5 Å². The molecule has 2 amide bonds. The molecule has 0 unspecified atom stereocenters. The van der Waals surface area contributed by atoms with Crippen molar-refractivity contribution in [1.29, 1.82) is 0 Å². The molecule has 0 radical (unpaired) electrons. The summed E-state index contributed by atoms with van der Waals surface area (Å²) in [6.07, 6.45) is 2.69. The summed E-state index contributed by atoms with van der Waals surface area (Å²) in [6.45, 7) is 2.02. The number of aromatic amines is 1. The van der Waals surface area contributed by atoms with E-state index in [-0.39, 0.29) is 17.6 Å². The highest BCUT2D eigenvalue weighted by Gasteiger charge is 2.34. The largest absolute Gasteiger partial charge is 0.337 e. The molecule has 0 spiro atoms. The Labute approximate surface area is 168 Å². The number of anilines is 1. The summed E-state index contributed by atoms with van der Waals surface area (Å²) >= 11 is 0. The van der Waals surface area contributed by atoms with Gasteiger partial charge in [0.25, 0.3) is 5.91 Å². The summed E-state index contributed by atoms with van der Waals surface area (Å²) in [5.41, 5.74) is 2.05. The average Bonchev–Trinajstić information content (AvgIpc) is 3.18. The van der Waals surface area contributed by atoms with Crippen molar-refractivity contribution in [2.24, 2.45) is 0 Å². The number of carbonyl (C=O) groups is 2. The topological polar surface area (TPSA) is 104 Å². The second-order valence-electron chi connectivity index (χ2n) is 7.24. The Morgan fingerprint density at radius 1 is 1.24 bits per heavy atom. The fourth-order valence-corrected chi connectivity index (χ4v) is 3.60. The number of benzene rings is 1. The monoisotopic (exact) mass is 390 g/mol. The molecule has 0 aliphatic carbocycles. The van der Waals surface area contributed by atoms with Crippen LogP contribution in [0.3, 0.4) is 0 Å². The summed E-state index contributed by atoms with van der Waals surface area (Å²) in [6, 6.07) is 12.9. The third kappa shape index (κ3) is 3.87. The number of likely N-dealkylation sites (N-methyl/N-ethyl adjacent to an activating group) is 1. The van der Waals surface area contributed by atoms with Gasteiger partial charge in [-0.1, -0.05) is 43.3 Å². The number of hydrogen-bond acceptors (Lipinski definition) is 5. The summed E-state index contributed by atoms with van der Waals surface area (Å²) in [5, 5.41) is 9.61. The third-order valence-electron chi connectivity index (χ3n) is 5.14. The molecule has 148 valence electrons. The lowest BCUT2D eigenvalue weighted by Crippen LogP contribution is -2.47. The van der Waals surface area contributed by atoms with Gasteiger partial charge in [-0.3, -0.25) is 19.6 Å². The van der Waals surface area contributed by atoms with Gasteiger partial charge in [0, 0.05) is 19.7 Å². The second kappa shape index (κ2) is 7.83. The minimum absolute atomic E-state index is 0.0268. The van der Waals surface area contributed by atoms with Crippen LogP contribution >= 0.6 is 0 Å². The predicted octanol–water partition coefficient (Wildman–Crippen LogP) is 2.06. The minimum atomic E-state index is -0.673. The summed E-state index contributed by atoms with van der Waals surface area (Å²) in [7, 11) is 1.68. The van der Waals surface area contributed by atoms with Gasteiger partial charge < -0.3 is 5.32 Å². The number of aromatic nitrogens is 4. The van der Waals surface area contributed by atoms with Crippen LogP contribution in [0.4, 0.5) is 5.82 Å². The van der Waals surface area contributed by atoms with Crippen molar-refractivity contribution in [2.75, 3.05) is 11.9 Å². The van der Waals surface area contributed by atoms with E-state index in [9.17, 15) is 9.59 Å². The molecular formula is C21H22N6O2. The number of hydrogen-bond donors (Lipinski definition) is 2. The van der Waals surface area contributed by atoms with E-state index in [1.165, 1.54) is 4.90 Å². The van der Waals surface area contributed by atoms with E-state index in [1.807, 2.05) is 49.4 Å². The van der Waals surface area contributed by atoms with Gasteiger partial charge in [0.2, 0.25) is 11.7 Å². The number of H-pyrrole nitrogens is 1. The van der Waals surface area contributed by atoms with E-state index in [2.05, 4.69) is 25.5 Å². The van der Waals surface area contributed by atoms with Crippen molar-refractivity contribution in [3.8, 4) is 0 Å². The first-order valence-corrected chi connectivity index (χ1v) is 9.51. The van der Waals surface area contributed by atoms with E-state index < -0.39 is 11.9 Å². The van der Waals surface area contributed by atoms with Crippen LogP contribution in [-0.2, 0) is 11.2 Å². The molecule has 0 saturated heterocycles. The first-order chi connectivity index (χ1) is 14.0. The molecule has 3 heterocycles.